The van der Waals surface area contributed by atoms with Crippen molar-refractivity contribution in [3.8, 4) is 0 Å². The molecule has 0 bridgehead atoms. The number of benzene rings is 1. The largest absolute Gasteiger partial charge is 0.311 e. The fourth-order valence-electron chi connectivity index (χ4n) is 2.27. The fraction of sp³-hybridized carbons (Fsp3) is 0.538. The highest BCUT2D eigenvalue weighted by molar-refractivity contribution is 9.13. The fourth-order valence-corrected chi connectivity index (χ4v) is 2.94. The molecule has 0 amide bonds. The standard InChI is InChI=1S/C13H18Br2N2/c1-17-6-2-3-11(17)9-16-8-10-4-5-12(14)13(15)7-10/h4-5,7,11,16H,2-3,6,8-9H2,1H3. The summed E-state index contributed by atoms with van der Waals surface area (Å²) in [5.74, 6) is 0. The van der Waals surface area contributed by atoms with Crippen molar-refractivity contribution in [2.75, 3.05) is 20.1 Å². The Morgan fingerprint density at radius 2 is 2.18 bits per heavy atom. The molecule has 0 saturated carbocycles. The van der Waals surface area contributed by atoms with Gasteiger partial charge in [0.2, 0.25) is 0 Å². The molecule has 0 spiro atoms. The van der Waals surface area contributed by atoms with Crippen molar-refractivity contribution in [2.24, 2.45) is 0 Å². The van der Waals surface area contributed by atoms with Crippen LogP contribution in [0.4, 0.5) is 0 Å². The quantitative estimate of drug-likeness (QED) is 0.884. The van der Waals surface area contributed by atoms with Crippen LogP contribution in [0.2, 0.25) is 0 Å². The number of likely N-dealkylation sites (N-methyl/N-ethyl adjacent to an activating group) is 1. The first-order valence-corrected chi connectivity index (χ1v) is 7.60. The lowest BCUT2D eigenvalue weighted by Crippen LogP contribution is -2.35. The second-order valence-electron chi connectivity index (χ2n) is 4.66. The molecule has 17 heavy (non-hydrogen) atoms. The molecule has 4 heteroatoms. The van der Waals surface area contributed by atoms with Crippen molar-refractivity contribution < 1.29 is 0 Å². The van der Waals surface area contributed by atoms with Crippen molar-refractivity contribution in [3.05, 3.63) is 32.7 Å². The van der Waals surface area contributed by atoms with Gasteiger partial charge in [-0.25, -0.2) is 0 Å². The predicted molar refractivity (Wildman–Crippen MR) is 79.2 cm³/mol. The second kappa shape index (κ2) is 6.32. The molecule has 1 aromatic carbocycles. The summed E-state index contributed by atoms with van der Waals surface area (Å²) in [5, 5.41) is 3.54. The third-order valence-corrected chi connectivity index (χ3v) is 5.24. The second-order valence-corrected chi connectivity index (χ2v) is 6.36. The maximum atomic E-state index is 3.54. The lowest BCUT2D eigenvalue weighted by Gasteiger charge is -2.19. The molecule has 1 aliphatic rings. The molecule has 1 unspecified atom stereocenters. The maximum absolute atomic E-state index is 3.54. The lowest BCUT2D eigenvalue weighted by molar-refractivity contribution is 0.300. The van der Waals surface area contributed by atoms with Gasteiger partial charge in [-0.1, -0.05) is 6.07 Å². The molecule has 1 saturated heterocycles. The normalized spacial score (nSPS) is 21.0. The molecular weight excluding hydrogens is 344 g/mol. The molecule has 1 aliphatic heterocycles. The van der Waals surface area contributed by atoms with Crippen molar-refractivity contribution in [2.45, 2.75) is 25.4 Å². The molecule has 2 nitrogen and oxygen atoms in total. The smallest absolute Gasteiger partial charge is 0.0320 e. The van der Waals surface area contributed by atoms with Crippen LogP contribution >= 0.6 is 31.9 Å². The molecular formula is C13H18Br2N2. The number of hydrogen-bond donors (Lipinski definition) is 1. The van der Waals surface area contributed by atoms with Crippen molar-refractivity contribution in [1.82, 2.24) is 10.2 Å². The topological polar surface area (TPSA) is 15.3 Å². The third kappa shape index (κ3) is 3.78. The summed E-state index contributed by atoms with van der Waals surface area (Å²) in [6.45, 7) is 3.27. The third-order valence-electron chi connectivity index (χ3n) is 3.36. The Morgan fingerprint density at radius 3 is 2.82 bits per heavy atom. The minimum Gasteiger partial charge on any atom is -0.311 e. The highest BCUT2D eigenvalue weighted by atomic mass is 79.9. The Labute approximate surface area is 120 Å². The Morgan fingerprint density at radius 1 is 1.35 bits per heavy atom. The predicted octanol–water partition coefficient (Wildman–Crippen LogP) is 3.40. The zero-order valence-corrected chi connectivity index (χ0v) is 13.2. The van der Waals surface area contributed by atoms with Crippen LogP contribution in [0.25, 0.3) is 0 Å². The molecule has 94 valence electrons. The molecule has 0 aromatic heterocycles. The minimum absolute atomic E-state index is 0.717. The van der Waals surface area contributed by atoms with Crippen LogP contribution in [0.5, 0.6) is 0 Å². The van der Waals surface area contributed by atoms with E-state index >= 15 is 0 Å². The summed E-state index contributed by atoms with van der Waals surface area (Å²) in [5.41, 5.74) is 1.32. The molecule has 1 heterocycles. The van der Waals surface area contributed by atoms with E-state index in [1.807, 2.05) is 0 Å². The van der Waals surface area contributed by atoms with Gasteiger partial charge < -0.3 is 10.2 Å². The lowest BCUT2D eigenvalue weighted by atomic mass is 10.2. The van der Waals surface area contributed by atoms with Crippen LogP contribution < -0.4 is 5.32 Å². The number of rotatable bonds is 4. The number of halogens is 2. The number of nitrogens with zero attached hydrogens (tertiary/aromatic N) is 1. The van der Waals surface area contributed by atoms with Crippen molar-refractivity contribution >= 4 is 31.9 Å². The van der Waals surface area contributed by atoms with Crippen LogP contribution in [-0.2, 0) is 6.54 Å². The first-order valence-electron chi connectivity index (χ1n) is 6.01. The number of hydrogen-bond acceptors (Lipinski definition) is 2. The van der Waals surface area contributed by atoms with Gasteiger partial charge in [0.15, 0.2) is 0 Å². The van der Waals surface area contributed by atoms with Crippen LogP contribution in [0.15, 0.2) is 27.1 Å². The first kappa shape index (κ1) is 13.5. The number of likely N-dealkylation sites (tertiary alicyclic amines) is 1. The Kier molecular flexibility index (Phi) is 5.03. The summed E-state index contributed by atoms with van der Waals surface area (Å²) in [4.78, 5) is 2.45. The van der Waals surface area contributed by atoms with Crippen LogP contribution in [0.1, 0.15) is 18.4 Å². The van der Waals surface area contributed by atoms with E-state index in [0.717, 1.165) is 22.0 Å². The summed E-state index contributed by atoms with van der Waals surface area (Å²) in [6, 6.07) is 7.12. The summed E-state index contributed by atoms with van der Waals surface area (Å²) in [6.07, 6.45) is 2.67. The average molecular weight is 362 g/mol. The SMILES string of the molecule is CN1CCCC1CNCc1ccc(Br)c(Br)c1. The van der Waals surface area contributed by atoms with Gasteiger partial charge in [-0.2, -0.15) is 0 Å². The van der Waals surface area contributed by atoms with E-state index in [9.17, 15) is 0 Å². The van der Waals surface area contributed by atoms with E-state index in [-0.39, 0.29) is 0 Å². The Bertz CT molecular complexity index is 382. The zero-order chi connectivity index (χ0) is 12.3. The molecule has 1 aromatic rings. The van der Waals surface area contributed by atoms with Crippen LogP contribution in [-0.4, -0.2) is 31.1 Å². The molecule has 1 fully saturated rings. The monoisotopic (exact) mass is 360 g/mol. The zero-order valence-electron chi connectivity index (χ0n) is 10.0. The maximum Gasteiger partial charge on any atom is 0.0320 e. The van der Waals surface area contributed by atoms with Gasteiger partial charge in [-0.15, -0.1) is 0 Å². The van der Waals surface area contributed by atoms with Gasteiger partial charge >= 0.3 is 0 Å². The average Bonchev–Trinajstić information content (AvgIpc) is 2.70. The van der Waals surface area contributed by atoms with E-state index < -0.39 is 0 Å². The van der Waals surface area contributed by atoms with E-state index in [2.05, 4.69) is 67.3 Å². The van der Waals surface area contributed by atoms with Gasteiger partial charge in [-0.3, -0.25) is 0 Å². The van der Waals surface area contributed by atoms with E-state index in [1.54, 1.807) is 0 Å². The Balaban J connectivity index is 1.79. The minimum atomic E-state index is 0.717. The van der Waals surface area contributed by atoms with E-state index in [4.69, 9.17) is 0 Å². The Hall–Kier alpha value is 0.1000. The molecule has 1 N–H and O–H groups in total. The highest BCUT2D eigenvalue weighted by Gasteiger charge is 2.19. The summed E-state index contributed by atoms with van der Waals surface area (Å²) < 4.78 is 2.23. The molecule has 0 aliphatic carbocycles. The van der Waals surface area contributed by atoms with Gasteiger partial charge in [0.1, 0.15) is 0 Å². The molecule has 0 radical (unpaired) electrons. The van der Waals surface area contributed by atoms with E-state index in [0.29, 0.717) is 6.04 Å². The summed E-state index contributed by atoms with van der Waals surface area (Å²) >= 11 is 7.02. The van der Waals surface area contributed by atoms with Crippen LogP contribution in [0, 0.1) is 0 Å². The van der Waals surface area contributed by atoms with Crippen molar-refractivity contribution in [1.29, 1.82) is 0 Å². The first-order chi connectivity index (χ1) is 8.16. The summed E-state index contributed by atoms with van der Waals surface area (Å²) in [7, 11) is 2.22. The van der Waals surface area contributed by atoms with Gasteiger partial charge in [-0.05, 0) is 76.0 Å². The van der Waals surface area contributed by atoms with Gasteiger partial charge in [0.05, 0.1) is 0 Å². The number of nitrogens with one attached hydrogen (secondary N) is 1. The molecule has 1 atom stereocenters. The van der Waals surface area contributed by atoms with Crippen molar-refractivity contribution in [3.63, 3.8) is 0 Å². The highest BCUT2D eigenvalue weighted by Crippen LogP contribution is 2.23. The molecule has 2 rings (SSSR count). The van der Waals surface area contributed by atoms with Gasteiger partial charge in [0, 0.05) is 28.1 Å². The van der Waals surface area contributed by atoms with Gasteiger partial charge in [0.25, 0.3) is 0 Å². The van der Waals surface area contributed by atoms with E-state index in [1.165, 1.54) is 24.9 Å². The van der Waals surface area contributed by atoms with Crippen LogP contribution in [0.3, 0.4) is 0 Å².